The zero-order valence-corrected chi connectivity index (χ0v) is 17.8. The van der Waals surface area contributed by atoms with E-state index in [9.17, 15) is 0 Å². The van der Waals surface area contributed by atoms with Gasteiger partial charge in [-0.2, -0.15) is 4.90 Å². The molecule has 0 atom stereocenters. The molecule has 0 bridgehead atoms. The molecular formula is C24H25LiS. The molecule has 0 unspecified atom stereocenters. The van der Waals surface area contributed by atoms with E-state index in [0.29, 0.717) is 0 Å². The molecule has 0 aliphatic heterocycles. The molecule has 0 N–H and O–H groups in total. The summed E-state index contributed by atoms with van der Waals surface area (Å²) in [5.41, 5.74) is 12.6. The van der Waals surface area contributed by atoms with Crippen LogP contribution in [0.3, 0.4) is 0 Å². The Morgan fingerprint density at radius 3 is 1.19 bits per heavy atom. The molecule has 2 heteroatoms. The van der Waals surface area contributed by atoms with Crippen molar-refractivity contribution in [1.82, 2.24) is 0 Å². The second kappa shape index (κ2) is 8.01. The smallest absolute Gasteiger partial charge is 0.779 e. The fourth-order valence-electron chi connectivity index (χ4n) is 4.14. The van der Waals surface area contributed by atoms with Crippen molar-refractivity contribution in [1.29, 1.82) is 0 Å². The van der Waals surface area contributed by atoms with Gasteiger partial charge in [0.1, 0.15) is 0 Å². The van der Waals surface area contributed by atoms with Crippen LogP contribution in [-0.4, -0.2) is 0 Å². The second-order valence-electron chi connectivity index (χ2n) is 7.23. The van der Waals surface area contributed by atoms with Crippen LogP contribution in [0.4, 0.5) is 0 Å². The van der Waals surface area contributed by atoms with Gasteiger partial charge >= 0.3 is 18.9 Å². The van der Waals surface area contributed by atoms with Crippen LogP contribution in [0.5, 0.6) is 0 Å². The van der Waals surface area contributed by atoms with E-state index in [1.54, 1.807) is 0 Å². The van der Waals surface area contributed by atoms with Gasteiger partial charge in [0.25, 0.3) is 0 Å². The van der Waals surface area contributed by atoms with Gasteiger partial charge in [-0.15, -0.1) is 0 Å². The standard InChI is InChI=1S/C24H26S.Li/c1-14-10-16(3)22(17(4)11-14)20-8-7-9-21(24(20)25)23-18(5)12-15(2)13-19(23)6;/h7-13,25H,1-6H3;/q;+1/p-1. The van der Waals surface area contributed by atoms with Gasteiger partial charge in [0.2, 0.25) is 0 Å². The molecule has 3 aromatic carbocycles. The van der Waals surface area contributed by atoms with Crippen LogP contribution >= 0.6 is 0 Å². The van der Waals surface area contributed by atoms with E-state index in [4.69, 9.17) is 12.6 Å². The molecule has 128 valence electrons. The van der Waals surface area contributed by atoms with E-state index >= 15 is 0 Å². The van der Waals surface area contributed by atoms with E-state index < -0.39 is 0 Å². The quantitative estimate of drug-likeness (QED) is 0.500. The maximum absolute atomic E-state index is 5.96. The van der Waals surface area contributed by atoms with Crippen LogP contribution in [0.1, 0.15) is 33.4 Å². The monoisotopic (exact) mass is 352 g/mol. The molecule has 0 saturated carbocycles. The Kier molecular flexibility index (Phi) is 6.40. The summed E-state index contributed by atoms with van der Waals surface area (Å²) in [6, 6.07) is 15.4. The van der Waals surface area contributed by atoms with E-state index in [1.165, 1.54) is 55.6 Å². The minimum atomic E-state index is 0. The van der Waals surface area contributed by atoms with Crippen molar-refractivity contribution in [2.45, 2.75) is 46.4 Å². The number of rotatable bonds is 2. The molecular weight excluding hydrogens is 327 g/mol. The topological polar surface area (TPSA) is 0 Å². The Balaban J connectivity index is 0.00000243. The predicted octanol–water partition coefficient (Wildman–Crippen LogP) is 3.78. The predicted molar refractivity (Wildman–Crippen MR) is 111 cm³/mol. The summed E-state index contributed by atoms with van der Waals surface area (Å²) in [7, 11) is 0. The first-order chi connectivity index (χ1) is 11.8. The maximum atomic E-state index is 5.96. The first kappa shape index (κ1) is 20.8. The zero-order valence-electron chi connectivity index (χ0n) is 16.9. The van der Waals surface area contributed by atoms with Crippen molar-refractivity contribution in [2.24, 2.45) is 0 Å². The van der Waals surface area contributed by atoms with Crippen LogP contribution < -0.4 is 18.9 Å². The third kappa shape index (κ3) is 3.76. The van der Waals surface area contributed by atoms with Gasteiger partial charge < -0.3 is 12.6 Å². The minimum Gasteiger partial charge on any atom is -0.779 e. The van der Waals surface area contributed by atoms with Crippen LogP contribution in [0.15, 0.2) is 47.4 Å². The molecule has 0 aliphatic rings. The third-order valence-electron chi connectivity index (χ3n) is 4.91. The van der Waals surface area contributed by atoms with Crippen molar-refractivity contribution < 1.29 is 18.9 Å². The fraction of sp³-hybridized carbons (Fsp3) is 0.250. The van der Waals surface area contributed by atoms with Gasteiger partial charge in [0.15, 0.2) is 0 Å². The van der Waals surface area contributed by atoms with Crippen molar-refractivity contribution in [3.8, 4) is 22.3 Å². The van der Waals surface area contributed by atoms with Gasteiger partial charge in [-0.1, -0.05) is 53.6 Å². The molecule has 0 aliphatic carbocycles. The Bertz CT molecular complexity index is 848. The number of aryl methyl sites for hydroxylation is 6. The molecule has 3 aromatic rings. The fourth-order valence-corrected chi connectivity index (χ4v) is 4.48. The number of benzene rings is 3. The van der Waals surface area contributed by atoms with Crippen molar-refractivity contribution in [3.05, 3.63) is 75.8 Å². The summed E-state index contributed by atoms with van der Waals surface area (Å²) >= 11 is 5.96. The largest absolute Gasteiger partial charge is 1.00 e. The Labute approximate surface area is 175 Å². The Morgan fingerprint density at radius 2 is 0.885 bits per heavy atom. The van der Waals surface area contributed by atoms with E-state index in [-0.39, 0.29) is 18.9 Å². The Morgan fingerprint density at radius 1 is 0.577 bits per heavy atom. The minimum absolute atomic E-state index is 0. The molecule has 0 saturated heterocycles. The molecule has 0 radical (unpaired) electrons. The third-order valence-corrected chi connectivity index (χ3v) is 5.35. The van der Waals surface area contributed by atoms with Crippen molar-refractivity contribution in [3.63, 3.8) is 0 Å². The molecule has 3 rings (SSSR count). The summed E-state index contributed by atoms with van der Waals surface area (Å²) in [5.74, 6) is 0. The second-order valence-corrected chi connectivity index (χ2v) is 7.64. The van der Waals surface area contributed by atoms with Gasteiger partial charge in [-0.25, -0.2) is 0 Å². The summed E-state index contributed by atoms with van der Waals surface area (Å²) in [4.78, 5) is 0.951. The molecule has 0 aromatic heterocycles. The maximum Gasteiger partial charge on any atom is 1.00 e. The van der Waals surface area contributed by atoms with Crippen molar-refractivity contribution >= 4 is 12.6 Å². The molecule has 0 nitrogen and oxygen atoms in total. The SMILES string of the molecule is Cc1cc(C)c(-c2cccc(-c3c(C)cc(C)cc3C)c2[S-])c(C)c1.[Li+]. The van der Waals surface area contributed by atoms with Crippen molar-refractivity contribution in [2.75, 3.05) is 0 Å². The van der Waals surface area contributed by atoms with Crippen LogP contribution in [-0.2, 0) is 12.6 Å². The van der Waals surface area contributed by atoms with E-state index in [2.05, 4.69) is 84.0 Å². The first-order valence-electron chi connectivity index (χ1n) is 8.76. The summed E-state index contributed by atoms with van der Waals surface area (Å²) in [5, 5.41) is 0. The first-order valence-corrected chi connectivity index (χ1v) is 9.17. The summed E-state index contributed by atoms with van der Waals surface area (Å²) in [6.45, 7) is 13.0. The van der Waals surface area contributed by atoms with Crippen LogP contribution in [0.2, 0.25) is 0 Å². The molecule has 0 amide bonds. The molecule has 26 heavy (non-hydrogen) atoms. The van der Waals surface area contributed by atoms with Gasteiger partial charge in [0, 0.05) is 0 Å². The van der Waals surface area contributed by atoms with Gasteiger partial charge in [0.05, 0.1) is 0 Å². The van der Waals surface area contributed by atoms with Gasteiger partial charge in [-0.05, 0) is 86.1 Å². The van der Waals surface area contributed by atoms with E-state index in [1.807, 2.05) is 0 Å². The number of hydrogen-bond donors (Lipinski definition) is 0. The Hall–Kier alpha value is -1.52. The summed E-state index contributed by atoms with van der Waals surface area (Å²) in [6.07, 6.45) is 0. The van der Waals surface area contributed by atoms with Gasteiger partial charge in [-0.3, -0.25) is 0 Å². The van der Waals surface area contributed by atoms with Crippen LogP contribution in [0, 0.1) is 41.5 Å². The van der Waals surface area contributed by atoms with E-state index in [0.717, 1.165) is 4.90 Å². The number of hydrogen-bond acceptors (Lipinski definition) is 1. The molecule has 0 heterocycles. The average molecular weight is 352 g/mol. The normalized spacial score (nSPS) is 10.5. The molecule has 0 spiro atoms. The van der Waals surface area contributed by atoms with Crippen LogP contribution in [0.25, 0.3) is 22.3 Å². The zero-order chi connectivity index (χ0) is 18.3. The average Bonchev–Trinajstić information content (AvgIpc) is 2.48. The molecule has 0 fully saturated rings. The summed E-state index contributed by atoms with van der Waals surface area (Å²) < 4.78 is 0.